The molecule has 13 heavy (non-hydrogen) atoms. The zero-order chi connectivity index (χ0) is 9.68. The molecular formula is C6H9F2N3OS. The van der Waals surface area contributed by atoms with Crippen molar-refractivity contribution in [3.63, 3.8) is 0 Å². The Labute approximate surface area is 77.8 Å². The number of aromatic nitrogens is 2. The molecule has 74 valence electrons. The molecule has 1 aromatic heterocycles. The summed E-state index contributed by atoms with van der Waals surface area (Å²) in [5.74, 6) is 0. The first kappa shape index (κ1) is 10.3. The summed E-state index contributed by atoms with van der Waals surface area (Å²) in [6.07, 6.45) is -2.43. The Hall–Kier alpha value is -0.820. The van der Waals surface area contributed by atoms with Crippen LogP contribution in [-0.4, -0.2) is 41.4 Å². The summed E-state index contributed by atoms with van der Waals surface area (Å²) in [6, 6.07) is 0. The van der Waals surface area contributed by atoms with Crippen molar-refractivity contribution in [1.29, 1.82) is 0 Å². The van der Waals surface area contributed by atoms with Gasteiger partial charge in [-0.05, 0) is 0 Å². The normalized spacial score (nSPS) is 10.8. The van der Waals surface area contributed by atoms with Gasteiger partial charge in [0, 0.05) is 6.54 Å². The number of alkyl halides is 2. The molecule has 0 aliphatic carbocycles. The highest BCUT2D eigenvalue weighted by atomic mass is 32.1. The molecule has 0 atom stereocenters. The second-order valence-corrected chi connectivity index (χ2v) is 3.09. The fourth-order valence-corrected chi connectivity index (χ4v) is 1.46. The maximum atomic E-state index is 12.0. The van der Waals surface area contributed by atoms with Crippen LogP contribution in [0.15, 0.2) is 5.51 Å². The molecule has 0 saturated heterocycles. The van der Waals surface area contributed by atoms with Gasteiger partial charge in [0.05, 0.1) is 13.2 Å². The van der Waals surface area contributed by atoms with Gasteiger partial charge in [-0.3, -0.25) is 0 Å². The van der Waals surface area contributed by atoms with Gasteiger partial charge in [-0.15, -0.1) is 10.2 Å². The summed E-state index contributed by atoms with van der Waals surface area (Å²) in [5.41, 5.74) is 1.46. The Morgan fingerprint density at radius 2 is 2.38 bits per heavy atom. The molecule has 0 fully saturated rings. The fourth-order valence-electron chi connectivity index (χ4n) is 0.857. The van der Waals surface area contributed by atoms with Gasteiger partial charge in [0.1, 0.15) is 5.51 Å². The zero-order valence-electron chi connectivity index (χ0n) is 6.73. The summed E-state index contributed by atoms with van der Waals surface area (Å²) in [5, 5.41) is 16.2. The average Bonchev–Trinajstić information content (AvgIpc) is 2.54. The van der Waals surface area contributed by atoms with E-state index < -0.39 is 13.0 Å². The maximum absolute atomic E-state index is 12.0. The Kier molecular flexibility index (Phi) is 3.97. The van der Waals surface area contributed by atoms with Crippen molar-refractivity contribution in [2.24, 2.45) is 0 Å². The van der Waals surface area contributed by atoms with E-state index in [1.165, 1.54) is 21.7 Å². The molecule has 1 N–H and O–H groups in total. The second kappa shape index (κ2) is 5.03. The van der Waals surface area contributed by atoms with E-state index in [0.717, 1.165) is 0 Å². The highest BCUT2D eigenvalue weighted by molar-refractivity contribution is 7.13. The van der Waals surface area contributed by atoms with E-state index in [-0.39, 0.29) is 13.2 Å². The predicted octanol–water partition coefficient (Wildman–Crippen LogP) is 0.602. The minimum atomic E-state index is -2.43. The first-order valence-corrected chi connectivity index (χ1v) is 4.52. The summed E-state index contributed by atoms with van der Waals surface area (Å²) in [4.78, 5) is 1.31. The van der Waals surface area contributed by atoms with E-state index in [0.29, 0.717) is 5.13 Å². The minimum absolute atomic E-state index is 0.152. The summed E-state index contributed by atoms with van der Waals surface area (Å²) < 4.78 is 24.1. The molecular weight excluding hydrogens is 200 g/mol. The van der Waals surface area contributed by atoms with Crippen molar-refractivity contribution in [2.75, 3.05) is 24.6 Å². The van der Waals surface area contributed by atoms with Crippen LogP contribution in [0.1, 0.15) is 0 Å². The van der Waals surface area contributed by atoms with Crippen molar-refractivity contribution >= 4 is 16.5 Å². The number of aliphatic hydroxyl groups is 1. The third-order valence-corrected chi connectivity index (χ3v) is 2.10. The topological polar surface area (TPSA) is 49.2 Å². The number of rotatable bonds is 5. The molecule has 0 unspecified atom stereocenters. The standard InChI is InChI=1S/C6H9F2N3OS/c7-5(8)3-11(1-2-12)6-10-9-4-13-6/h4-5,12H,1-3H2. The number of hydrogen-bond acceptors (Lipinski definition) is 5. The molecule has 0 spiro atoms. The number of hydrogen-bond donors (Lipinski definition) is 1. The lowest BCUT2D eigenvalue weighted by Crippen LogP contribution is -2.31. The molecule has 1 heterocycles. The van der Waals surface area contributed by atoms with Crippen molar-refractivity contribution in [1.82, 2.24) is 10.2 Å². The van der Waals surface area contributed by atoms with E-state index in [2.05, 4.69) is 10.2 Å². The Balaban J connectivity index is 2.57. The van der Waals surface area contributed by atoms with E-state index in [1.807, 2.05) is 0 Å². The molecule has 0 aliphatic heterocycles. The highest BCUT2D eigenvalue weighted by Gasteiger charge is 2.14. The molecule has 0 amide bonds. The Bertz CT molecular complexity index is 232. The first-order chi connectivity index (χ1) is 6.24. The molecule has 4 nitrogen and oxygen atoms in total. The quantitative estimate of drug-likeness (QED) is 0.771. The third-order valence-electron chi connectivity index (χ3n) is 1.35. The number of aliphatic hydroxyl groups excluding tert-OH is 1. The van der Waals surface area contributed by atoms with Crippen LogP contribution < -0.4 is 4.90 Å². The number of anilines is 1. The molecule has 0 saturated carbocycles. The average molecular weight is 209 g/mol. The van der Waals surface area contributed by atoms with Crippen LogP contribution in [0.3, 0.4) is 0 Å². The maximum Gasteiger partial charge on any atom is 0.255 e. The molecule has 1 rings (SSSR count). The van der Waals surface area contributed by atoms with Gasteiger partial charge in [-0.25, -0.2) is 8.78 Å². The summed E-state index contributed by atoms with van der Waals surface area (Å²) >= 11 is 1.17. The number of halogens is 2. The lowest BCUT2D eigenvalue weighted by Gasteiger charge is -2.18. The third kappa shape index (κ3) is 3.19. The minimum Gasteiger partial charge on any atom is -0.395 e. The van der Waals surface area contributed by atoms with Crippen molar-refractivity contribution in [2.45, 2.75) is 6.43 Å². The lowest BCUT2D eigenvalue weighted by molar-refractivity contribution is 0.152. The van der Waals surface area contributed by atoms with Gasteiger partial charge >= 0.3 is 0 Å². The fraction of sp³-hybridized carbons (Fsp3) is 0.667. The van der Waals surface area contributed by atoms with Gasteiger partial charge in [-0.1, -0.05) is 11.3 Å². The molecule has 7 heteroatoms. The van der Waals surface area contributed by atoms with Crippen LogP contribution in [0.2, 0.25) is 0 Å². The van der Waals surface area contributed by atoms with Gasteiger partial charge < -0.3 is 10.0 Å². The monoisotopic (exact) mass is 209 g/mol. The first-order valence-electron chi connectivity index (χ1n) is 3.64. The molecule has 0 aromatic carbocycles. The molecule has 1 aromatic rings. The van der Waals surface area contributed by atoms with Gasteiger partial charge in [-0.2, -0.15) is 0 Å². The lowest BCUT2D eigenvalue weighted by atomic mass is 10.5. The Morgan fingerprint density at radius 3 is 2.85 bits per heavy atom. The largest absolute Gasteiger partial charge is 0.395 e. The van der Waals surface area contributed by atoms with Crippen LogP contribution in [-0.2, 0) is 0 Å². The van der Waals surface area contributed by atoms with Crippen LogP contribution in [0.25, 0.3) is 0 Å². The predicted molar refractivity (Wildman–Crippen MR) is 45.2 cm³/mol. The summed E-state index contributed by atoms with van der Waals surface area (Å²) in [7, 11) is 0. The smallest absolute Gasteiger partial charge is 0.255 e. The molecule has 0 radical (unpaired) electrons. The van der Waals surface area contributed by atoms with E-state index in [4.69, 9.17) is 5.11 Å². The number of nitrogens with zero attached hydrogens (tertiary/aromatic N) is 3. The SMILES string of the molecule is OCCN(CC(F)F)c1nncs1. The van der Waals surface area contributed by atoms with Crippen LogP contribution in [0.5, 0.6) is 0 Å². The van der Waals surface area contributed by atoms with Gasteiger partial charge in [0.2, 0.25) is 5.13 Å². The van der Waals surface area contributed by atoms with Crippen molar-refractivity contribution < 1.29 is 13.9 Å². The Morgan fingerprint density at radius 1 is 1.62 bits per heavy atom. The van der Waals surface area contributed by atoms with E-state index in [9.17, 15) is 8.78 Å². The second-order valence-electron chi connectivity index (χ2n) is 2.28. The van der Waals surface area contributed by atoms with Crippen LogP contribution in [0.4, 0.5) is 13.9 Å². The zero-order valence-corrected chi connectivity index (χ0v) is 7.55. The van der Waals surface area contributed by atoms with Gasteiger partial charge in [0.15, 0.2) is 0 Å². The molecule has 0 bridgehead atoms. The van der Waals surface area contributed by atoms with E-state index in [1.54, 1.807) is 0 Å². The van der Waals surface area contributed by atoms with Crippen LogP contribution in [0, 0.1) is 0 Å². The van der Waals surface area contributed by atoms with Crippen molar-refractivity contribution in [3.8, 4) is 0 Å². The highest BCUT2D eigenvalue weighted by Crippen LogP contribution is 2.16. The van der Waals surface area contributed by atoms with Crippen LogP contribution >= 0.6 is 11.3 Å². The van der Waals surface area contributed by atoms with Crippen molar-refractivity contribution in [3.05, 3.63) is 5.51 Å². The molecule has 0 aliphatic rings. The summed E-state index contributed by atoms with van der Waals surface area (Å²) in [6.45, 7) is -0.443. The van der Waals surface area contributed by atoms with Gasteiger partial charge in [0.25, 0.3) is 6.43 Å². The van der Waals surface area contributed by atoms with E-state index >= 15 is 0 Å².